The van der Waals surface area contributed by atoms with E-state index in [1.807, 2.05) is 35.2 Å². The molecule has 0 saturated heterocycles. The van der Waals surface area contributed by atoms with Gasteiger partial charge in [-0.15, -0.1) is 0 Å². The van der Waals surface area contributed by atoms with Crippen molar-refractivity contribution in [1.29, 1.82) is 0 Å². The molecule has 0 radical (unpaired) electrons. The minimum absolute atomic E-state index is 0.0456. The van der Waals surface area contributed by atoms with Crippen LogP contribution in [-0.4, -0.2) is 31.5 Å². The Morgan fingerprint density at radius 1 is 1.14 bits per heavy atom. The topological polar surface area (TPSA) is 63.7 Å². The van der Waals surface area contributed by atoms with Crippen LogP contribution in [0.5, 0.6) is 5.75 Å². The van der Waals surface area contributed by atoms with Gasteiger partial charge in [-0.05, 0) is 48.9 Å². The molecular weight excluding hydrogens is 374 g/mol. The van der Waals surface area contributed by atoms with Crippen molar-refractivity contribution in [3.8, 4) is 5.75 Å². The van der Waals surface area contributed by atoms with Gasteiger partial charge in [-0.1, -0.05) is 49.4 Å². The fraction of sp³-hybridized carbons (Fsp3) is 0.409. The van der Waals surface area contributed by atoms with Gasteiger partial charge in [0.15, 0.2) is 0 Å². The Kier molecular flexibility index (Phi) is 6.08. The van der Waals surface area contributed by atoms with E-state index in [0.29, 0.717) is 12.5 Å². The van der Waals surface area contributed by atoms with Crippen LogP contribution in [0.2, 0.25) is 0 Å². The highest BCUT2D eigenvalue weighted by molar-refractivity contribution is 7.86. The quantitative estimate of drug-likeness (QED) is 0.628. The highest BCUT2D eigenvalue weighted by Crippen LogP contribution is 2.48. The molecule has 1 saturated carbocycles. The summed E-state index contributed by atoms with van der Waals surface area (Å²) in [4.78, 5) is 15.1. The number of carbonyl (C=O) groups excluding carboxylic acids is 1. The summed E-state index contributed by atoms with van der Waals surface area (Å²) in [5, 5.41) is 0. The van der Waals surface area contributed by atoms with Crippen LogP contribution < -0.4 is 4.18 Å². The van der Waals surface area contributed by atoms with E-state index in [9.17, 15) is 13.2 Å². The Morgan fingerprint density at radius 2 is 1.79 bits per heavy atom. The number of carbonyl (C=O) groups is 1. The Hall–Kier alpha value is -2.34. The van der Waals surface area contributed by atoms with Crippen molar-refractivity contribution in [2.45, 2.75) is 45.2 Å². The minimum Gasteiger partial charge on any atom is -0.383 e. The van der Waals surface area contributed by atoms with Crippen molar-refractivity contribution >= 4 is 16.0 Å². The van der Waals surface area contributed by atoms with Gasteiger partial charge in [0.05, 0.1) is 6.26 Å². The van der Waals surface area contributed by atoms with Gasteiger partial charge in [0.2, 0.25) is 5.91 Å². The first-order valence-corrected chi connectivity index (χ1v) is 11.4. The molecule has 150 valence electrons. The molecule has 2 aromatic carbocycles. The first-order chi connectivity index (χ1) is 13.3. The maximum atomic E-state index is 13.2. The zero-order chi connectivity index (χ0) is 20.3. The predicted molar refractivity (Wildman–Crippen MR) is 110 cm³/mol. The number of hydrogen-bond acceptors (Lipinski definition) is 4. The van der Waals surface area contributed by atoms with E-state index >= 15 is 0 Å². The van der Waals surface area contributed by atoms with Crippen molar-refractivity contribution in [3.63, 3.8) is 0 Å². The van der Waals surface area contributed by atoms with Gasteiger partial charge in [-0.3, -0.25) is 4.79 Å². The molecule has 1 fully saturated rings. The first-order valence-electron chi connectivity index (χ1n) is 9.62. The number of hydrogen-bond donors (Lipinski definition) is 0. The van der Waals surface area contributed by atoms with Gasteiger partial charge in [0.25, 0.3) is 0 Å². The second-order valence-electron chi connectivity index (χ2n) is 7.51. The van der Waals surface area contributed by atoms with Gasteiger partial charge < -0.3 is 9.08 Å². The molecule has 6 heteroatoms. The predicted octanol–water partition coefficient (Wildman–Crippen LogP) is 3.96. The number of nitrogens with zero attached hydrogens (tertiary/aromatic N) is 1. The van der Waals surface area contributed by atoms with E-state index < -0.39 is 10.1 Å². The maximum absolute atomic E-state index is 13.2. The third kappa shape index (κ3) is 5.13. The SMILES string of the molecule is CC[C@H](C)N(Cc1ccc(OS(C)(=O)=O)cc1)C(=O)[C@@H]1C[C@H]1c1ccccc1. The lowest BCUT2D eigenvalue weighted by Crippen LogP contribution is -2.39. The fourth-order valence-corrected chi connectivity index (χ4v) is 3.90. The normalized spacial score (nSPS) is 19.7. The highest BCUT2D eigenvalue weighted by Gasteiger charge is 2.46. The minimum atomic E-state index is -3.54. The zero-order valence-corrected chi connectivity index (χ0v) is 17.4. The van der Waals surface area contributed by atoms with Crippen molar-refractivity contribution in [2.75, 3.05) is 6.26 Å². The molecule has 1 aliphatic carbocycles. The van der Waals surface area contributed by atoms with Crippen molar-refractivity contribution < 1.29 is 17.4 Å². The third-order valence-electron chi connectivity index (χ3n) is 5.27. The second-order valence-corrected chi connectivity index (χ2v) is 9.09. The average Bonchev–Trinajstić information content (AvgIpc) is 3.47. The third-order valence-corrected chi connectivity index (χ3v) is 5.76. The van der Waals surface area contributed by atoms with Crippen molar-refractivity contribution in [2.24, 2.45) is 5.92 Å². The molecule has 0 bridgehead atoms. The standard InChI is InChI=1S/C22H27NO4S/c1-4-16(2)23(15-17-10-12-19(13-11-17)27-28(3,25)26)22(24)21-14-20(21)18-8-6-5-7-9-18/h5-13,16,20-21H,4,14-15H2,1-3H3/t16-,20-,21+/m0/s1. The summed E-state index contributed by atoms with van der Waals surface area (Å²) in [6.45, 7) is 4.65. The lowest BCUT2D eigenvalue weighted by Gasteiger charge is -2.29. The molecule has 0 spiro atoms. The Labute approximate surface area is 167 Å². The van der Waals surface area contributed by atoms with Gasteiger partial charge in [0.1, 0.15) is 5.75 Å². The molecule has 0 aliphatic heterocycles. The molecule has 1 amide bonds. The van der Waals surface area contributed by atoms with Crippen LogP contribution in [0.1, 0.15) is 43.7 Å². The molecule has 3 atom stereocenters. The Bertz CT molecular complexity index is 909. The molecule has 0 heterocycles. The monoisotopic (exact) mass is 401 g/mol. The summed E-state index contributed by atoms with van der Waals surface area (Å²) in [5.41, 5.74) is 2.18. The van der Waals surface area contributed by atoms with Crippen LogP contribution in [0.15, 0.2) is 54.6 Å². The maximum Gasteiger partial charge on any atom is 0.306 e. The summed E-state index contributed by atoms with van der Waals surface area (Å²) in [6, 6.07) is 17.2. The van der Waals surface area contributed by atoms with Crippen molar-refractivity contribution in [3.05, 3.63) is 65.7 Å². The molecule has 5 nitrogen and oxygen atoms in total. The number of rotatable bonds is 8. The van der Waals surface area contributed by atoms with Crippen LogP contribution >= 0.6 is 0 Å². The highest BCUT2D eigenvalue weighted by atomic mass is 32.2. The Balaban J connectivity index is 1.70. The fourth-order valence-electron chi connectivity index (χ4n) is 3.44. The average molecular weight is 402 g/mol. The van der Waals surface area contributed by atoms with E-state index in [4.69, 9.17) is 4.18 Å². The molecule has 0 aromatic heterocycles. The Morgan fingerprint density at radius 3 is 2.36 bits per heavy atom. The van der Waals surface area contributed by atoms with Gasteiger partial charge in [-0.2, -0.15) is 8.42 Å². The van der Waals surface area contributed by atoms with Crippen LogP contribution in [0.4, 0.5) is 0 Å². The van der Waals surface area contributed by atoms with E-state index in [2.05, 4.69) is 26.0 Å². The summed E-state index contributed by atoms with van der Waals surface area (Å²) in [5.74, 6) is 0.828. The van der Waals surface area contributed by atoms with Crippen LogP contribution in [0, 0.1) is 5.92 Å². The molecule has 2 aromatic rings. The van der Waals surface area contributed by atoms with E-state index in [1.54, 1.807) is 12.1 Å². The molecule has 3 rings (SSSR count). The van der Waals surface area contributed by atoms with Gasteiger partial charge in [0, 0.05) is 18.5 Å². The van der Waals surface area contributed by atoms with Crippen LogP contribution in [0.3, 0.4) is 0 Å². The van der Waals surface area contributed by atoms with Crippen LogP contribution in [-0.2, 0) is 21.5 Å². The molecule has 0 N–H and O–H groups in total. The van der Waals surface area contributed by atoms with E-state index in [0.717, 1.165) is 24.7 Å². The van der Waals surface area contributed by atoms with E-state index in [1.165, 1.54) is 5.56 Å². The lowest BCUT2D eigenvalue weighted by molar-refractivity contribution is -0.135. The summed E-state index contributed by atoms with van der Waals surface area (Å²) in [7, 11) is -3.54. The second kappa shape index (κ2) is 8.35. The van der Waals surface area contributed by atoms with Gasteiger partial charge in [-0.25, -0.2) is 0 Å². The summed E-state index contributed by atoms with van der Waals surface area (Å²) in [6.07, 6.45) is 2.80. The lowest BCUT2D eigenvalue weighted by atomic mass is 10.1. The molecule has 28 heavy (non-hydrogen) atoms. The van der Waals surface area contributed by atoms with Crippen LogP contribution in [0.25, 0.3) is 0 Å². The number of benzene rings is 2. The summed E-state index contributed by atoms with van der Waals surface area (Å²) < 4.78 is 27.4. The molecular formula is C22H27NO4S. The molecule has 1 aliphatic rings. The zero-order valence-electron chi connectivity index (χ0n) is 16.5. The van der Waals surface area contributed by atoms with E-state index in [-0.39, 0.29) is 23.6 Å². The van der Waals surface area contributed by atoms with Gasteiger partial charge >= 0.3 is 10.1 Å². The smallest absolute Gasteiger partial charge is 0.306 e. The largest absolute Gasteiger partial charge is 0.383 e. The van der Waals surface area contributed by atoms with Crippen molar-refractivity contribution in [1.82, 2.24) is 4.90 Å². The number of amides is 1. The summed E-state index contributed by atoms with van der Waals surface area (Å²) >= 11 is 0. The molecule has 0 unspecified atom stereocenters. The first kappa shape index (κ1) is 20.4.